The molecule has 0 saturated heterocycles. The van der Waals surface area contributed by atoms with Gasteiger partial charge in [-0.15, -0.1) is 0 Å². The van der Waals surface area contributed by atoms with Crippen LogP contribution < -0.4 is 5.43 Å². The maximum absolute atomic E-state index is 11.8. The molecule has 0 aliphatic heterocycles. The van der Waals surface area contributed by atoms with Crippen molar-refractivity contribution in [3.8, 4) is 0 Å². The monoisotopic (exact) mass is 290 g/mol. The van der Waals surface area contributed by atoms with E-state index in [2.05, 4.69) is 10.5 Å². The Morgan fingerprint density at radius 1 is 1.24 bits per heavy atom. The first kappa shape index (κ1) is 16.9. The van der Waals surface area contributed by atoms with E-state index in [1.54, 1.807) is 13.8 Å². The highest BCUT2D eigenvalue weighted by Gasteiger charge is 2.21. The van der Waals surface area contributed by atoms with Gasteiger partial charge in [-0.3, -0.25) is 9.59 Å². The van der Waals surface area contributed by atoms with E-state index in [1.165, 1.54) is 0 Å². The molecule has 1 rings (SSSR count). The molecule has 1 aromatic rings. The summed E-state index contributed by atoms with van der Waals surface area (Å²) in [5.74, 6) is -0.931. The average molecular weight is 290 g/mol. The highest BCUT2D eigenvalue weighted by atomic mass is 16.5. The van der Waals surface area contributed by atoms with Gasteiger partial charge < -0.3 is 4.74 Å². The maximum atomic E-state index is 11.8. The fraction of sp³-hybridized carbons (Fsp3) is 0.438. The highest BCUT2D eigenvalue weighted by molar-refractivity contribution is 6.01. The average Bonchev–Trinajstić information content (AvgIpc) is 2.47. The molecule has 0 heterocycles. The molecule has 0 radical (unpaired) electrons. The van der Waals surface area contributed by atoms with Crippen molar-refractivity contribution in [1.29, 1.82) is 0 Å². The third-order valence-corrected chi connectivity index (χ3v) is 3.05. The lowest BCUT2D eigenvalue weighted by molar-refractivity contribution is -0.145. The molecule has 21 heavy (non-hydrogen) atoms. The molecule has 1 aromatic carbocycles. The van der Waals surface area contributed by atoms with Gasteiger partial charge >= 0.3 is 5.97 Å². The second-order valence-electron chi connectivity index (χ2n) is 4.66. The number of carbonyl (C=O) groups excluding carboxylic acids is 2. The SMILES string of the molecule is CCOC(=O)[C@H](CC)/C(C)=N\NC(=O)Cc1ccccc1. The Morgan fingerprint density at radius 3 is 2.48 bits per heavy atom. The van der Waals surface area contributed by atoms with Gasteiger partial charge in [0.2, 0.25) is 5.91 Å². The van der Waals surface area contributed by atoms with Gasteiger partial charge in [-0.25, -0.2) is 5.43 Å². The first-order valence-corrected chi connectivity index (χ1v) is 7.12. The van der Waals surface area contributed by atoms with E-state index in [9.17, 15) is 9.59 Å². The zero-order chi connectivity index (χ0) is 15.7. The Morgan fingerprint density at radius 2 is 1.90 bits per heavy atom. The van der Waals surface area contributed by atoms with Crippen LogP contribution >= 0.6 is 0 Å². The summed E-state index contributed by atoms with van der Waals surface area (Å²) in [5, 5.41) is 4.01. The van der Waals surface area contributed by atoms with Crippen LogP contribution in [0.15, 0.2) is 35.4 Å². The molecule has 1 N–H and O–H groups in total. The number of nitrogens with one attached hydrogen (secondary N) is 1. The lowest BCUT2D eigenvalue weighted by atomic mass is 10.0. The molecule has 0 bridgehead atoms. The number of carbonyl (C=O) groups is 2. The molecule has 0 aromatic heterocycles. The summed E-state index contributed by atoms with van der Waals surface area (Å²) in [6.07, 6.45) is 0.844. The van der Waals surface area contributed by atoms with Crippen molar-refractivity contribution in [2.45, 2.75) is 33.6 Å². The van der Waals surface area contributed by atoms with Crippen molar-refractivity contribution < 1.29 is 14.3 Å². The van der Waals surface area contributed by atoms with Crippen LogP contribution in [-0.4, -0.2) is 24.2 Å². The van der Waals surface area contributed by atoms with Gasteiger partial charge in [-0.2, -0.15) is 5.10 Å². The molecule has 0 aliphatic carbocycles. The third kappa shape index (κ3) is 5.77. The smallest absolute Gasteiger partial charge is 0.314 e. The molecule has 5 heteroatoms. The highest BCUT2D eigenvalue weighted by Crippen LogP contribution is 2.08. The summed E-state index contributed by atoms with van der Waals surface area (Å²) in [6.45, 7) is 5.70. The minimum atomic E-state index is -0.415. The van der Waals surface area contributed by atoms with Gasteiger partial charge in [0.15, 0.2) is 0 Å². The number of benzene rings is 1. The Labute approximate surface area is 125 Å². The van der Waals surface area contributed by atoms with Crippen molar-refractivity contribution >= 4 is 17.6 Å². The molecule has 0 aliphatic rings. The van der Waals surface area contributed by atoms with Gasteiger partial charge in [0, 0.05) is 5.71 Å². The van der Waals surface area contributed by atoms with Gasteiger partial charge in [0.25, 0.3) is 0 Å². The Balaban J connectivity index is 2.57. The molecular weight excluding hydrogens is 268 g/mol. The van der Waals surface area contributed by atoms with Crippen LogP contribution in [0.3, 0.4) is 0 Å². The Hall–Kier alpha value is -2.17. The number of rotatable bonds is 7. The van der Waals surface area contributed by atoms with E-state index in [0.29, 0.717) is 18.7 Å². The first-order chi connectivity index (χ1) is 10.1. The summed E-state index contributed by atoms with van der Waals surface area (Å²) < 4.78 is 4.99. The molecule has 0 unspecified atom stereocenters. The van der Waals surface area contributed by atoms with E-state index in [4.69, 9.17) is 4.74 Å². The zero-order valence-electron chi connectivity index (χ0n) is 12.8. The predicted molar refractivity (Wildman–Crippen MR) is 81.8 cm³/mol. The first-order valence-electron chi connectivity index (χ1n) is 7.12. The molecule has 0 fully saturated rings. The fourth-order valence-corrected chi connectivity index (χ4v) is 1.92. The normalized spacial score (nSPS) is 12.6. The van der Waals surface area contributed by atoms with Crippen molar-refractivity contribution in [2.24, 2.45) is 11.0 Å². The molecule has 0 spiro atoms. The molecule has 1 atom stereocenters. The molecule has 0 saturated carbocycles. The number of hydrazone groups is 1. The predicted octanol–water partition coefficient (Wildman–Crippen LogP) is 2.31. The minimum absolute atomic E-state index is 0.209. The molecular formula is C16H22N2O3. The largest absolute Gasteiger partial charge is 0.465 e. The van der Waals surface area contributed by atoms with E-state index in [1.807, 2.05) is 37.3 Å². The van der Waals surface area contributed by atoms with Crippen molar-refractivity contribution in [1.82, 2.24) is 5.43 Å². The third-order valence-electron chi connectivity index (χ3n) is 3.05. The van der Waals surface area contributed by atoms with Crippen LogP contribution in [0.2, 0.25) is 0 Å². The van der Waals surface area contributed by atoms with Crippen LogP contribution in [0.4, 0.5) is 0 Å². The Kier molecular flexibility index (Phi) is 7.15. The number of ether oxygens (including phenoxy) is 1. The van der Waals surface area contributed by atoms with Crippen LogP contribution in [0.25, 0.3) is 0 Å². The lowest BCUT2D eigenvalue weighted by Gasteiger charge is -2.13. The zero-order valence-corrected chi connectivity index (χ0v) is 12.8. The molecule has 114 valence electrons. The minimum Gasteiger partial charge on any atom is -0.465 e. The van der Waals surface area contributed by atoms with Crippen LogP contribution in [0.5, 0.6) is 0 Å². The van der Waals surface area contributed by atoms with Crippen molar-refractivity contribution in [2.75, 3.05) is 6.61 Å². The van der Waals surface area contributed by atoms with Gasteiger partial charge in [-0.1, -0.05) is 37.3 Å². The van der Waals surface area contributed by atoms with Crippen molar-refractivity contribution in [3.63, 3.8) is 0 Å². The topological polar surface area (TPSA) is 67.8 Å². The summed E-state index contributed by atoms with van der Waals surface area (Å²) in [6, 6.07) is 9.41. The second kappa shape index (κ2) is 8.89. The van der Waals surface area contributed by atoms with Crippen LogP contribution in [0.1, 0.15) is 32.8 Å². The standard InChI is InChI=1S/C16H22N2O3/c1-4-14(16(20)21-5-2)12(3)17-18-15(19)11-13-9-7-6-8-10-13/h6-10,14H,4-5,11H2,1-3H3,(H,18,19)/b17-12-/t14-/m1/s1. The lowest BCUT2D eigenvalue weighted by Crippen LogP contribution is -2.28. The summed E-state index contributed by atoms with van der Waals surface area (Å²) in [7, 11) is 0. The Bertz CT molecular complexity index is 498. The summed E-state index contributed by atoms with van der Waals surface area (Å²) in [4.78, 5) is 23.5. The van der Waals surface area contributed by atoms with Gasteiger partial charge in [0.05, 0.1) is 18.9 Å². The summed E-state index contributed by atoms with van der Waals surface area (Å²) >= 11 is 0. The van der Waals surface area contributed by atoms with E-state index in [-0.39, 0.29) is 18.3 Å². The van der Waals surface area contributed by atoms with Crippen molar-refractivity contribution in [3.05, 3.63) is 35.9 Å². The molecule has 5 nitrogen and oxygen atoms in total. The van der Waals surface area contributed by atoms with E-state index < -0.39 is 5.92 Å². The second-order valence-corrected chi connectivity index (χ2v) is 4.66. The van der Waals surface area contributed by atoms with Crippen LogP contribution in [0, 0.1) is 5.92 Å². The number of nitrogens with zero attached hydrogens (tertiary/aromatic N) is 1. The molecule has 1 amide bonds. The van der Waals surface area contributed by atoms with Gasteiger partial charge in [0.1, 0.15) is 0 Å². The number of hydrogen-bond donors (Lipinski definition) is 1. The van der Waals surface area contributed by atoms with E-state index >= 15 is 0 Å². The fourth-order valence-electron chi connectivity index (χ4n) is 1.92. The number of hydrogen-bond acceptors (Lipinski definition) is 4. The summed E-state index contributed by atoms with van der Waals surface area (Å²) in [5.41, 5.74) is 3.95. The van der Waals surface area contributed by atoms with Crippen LogP contribution in [-0.2, 0) is 20.7 Å². The number of amides is 1. The quantitative estimate of drug-likeness (QED) is 0.476. The van der Waals surface area contributed by atoms with Gasteiger partial charge in [-0.05, 0) is 25.8 Å². The number of esters is 1. The van der Waals surface area contributed by atoms with E-state index in [0.717, 1.165) is 5.56 Å². The maximum Gasteiger partial charge on any atom is 0.314 e.